The molecule has 0 saturated heterocycles. The fraction of sp³-hybridized carbons (Fsp3) is 0.722. The van der Waals surface area contributed by atoms with Crippen LogP contribution >= 0.6 is 0 Å². The number of ether oxygens (including phenoxy) is 3. The van der Waals surface area contributed by atoms with E-state index in [0.717, 1.165) is 0 Å². The van der Waals surface area contributed by atoms with E-state index < -0.39 is 10.9 Å². The first-order valence-electron chi connectivity index (χ1n) is 9.06. The quantitative estimate of drug-likeness (QED) is 0.329. The summed E-state index contributed by atoms with van der Waals surface area (Å²) in [6.07, 6.45) is 0.438. The number of nitrogens with one attached hydrogen (secondary N) is 2. The normalized spacial score (nSPS) is 11.2. The lowest BCUT2D eigenvalue weighted by atomic mass is 10.1. The smallest absolute Gasteiger partial charge is 0.253 e. The number of hydrogen-bond acceptors (Lipinski definition) is 8. The molecule has 0 aliphatic heterocycles. The van der Waals surface area contributed by atoms with Crippen LogP contribution in [0, 0.1) is 5.92 Å². The summed E-state index contributed by atoms with van der Waals surface area (Å²) in [4.78, 5) is 34.1. The Morgan fingerprint density at radius 3 is 1.92 bits per heavy atom. The summed E-state index contributed by atoms with van der Waals surface area (Å²) in [6.45, 7) is 9.25. The lowest BCUT2D eigenvalue weighted by Crippen LogP contribution is -2.38. The molecule has 0 aliphatic carbocycles. The molecule has 8 heteroatoms. The highest BCUT2D eigenvalue weighted by Crippen LogP contribution is 2.12. The van der Waals surface area contributed by atoms with Crippen LogP contribution in [0.1, 0.15) is 30.0 Å². The molecular formula is C18H34N2O6. The number of anilines is 2. The minimum absolute atomic E-state index is 0. The third-order valence-electron chi connectivity index (χ3n) is 3.69. The molecule has 1 rings (SSSR count). The third kappa shape index (κ3) is 7.63. The Labute approximate surface area is 156 Å². The fourth-order valence-corrected chi connectivity index (χ4v) is 2.16. The molecule has 2 N–H and O–H groups in total. The highest BCUT2D eigenvalue weighted by Gasteiger charge is 2.19. The van der Waals surface area contributed by atoms with E-state index in [1.165, 1.54) is 0 Å². The van der Waals surface area contributed by atoms with Crippen molar-refractivity contribution >= 4 is 17.2 Å². The molecule has 8 nitrogen and oxygen atoms in total. The van der Waals surface area contributed by atoms with Crippen LogP contribution in [0.2, 0.25) is 0 Å². The molecule has 1 aromatic rings. The molecule has 0 fully saturated rings. The van der Waals surface area contributed by atoms with Crippen LogP contribution in [0.4, 0.5) is 11.4 Å². The van der Waals surface area contributed by atoms with Gasteiger partial charge in [0.15, 0.2) is 0 Å². The number of carbonyl (C=O) groups is 1. The summed E-state index contributed by atoms with van der Waals surface area (Å²) in [5.74, 6) is 0.254. The van der Waals surface area contributed by atoms with Gasteiger partial charge >= 0.3 is 0 Å². The second kappa shape index (κ2) is 12.6. The van der Waals surface area contributed by atoms with E-state index in [-0.39, 0.29) is 14.6 Å². The van der Waals surface area contributed by atoms with Crippen LogP contribution in [0.5, 0.6) is 0 Å². The van der Waals surface area contributed by atoms with E-state index >= 15 is 0 Å². The highest BCUT2D eigenvalue weighted by atomic mass is 16.5. The highest BCUT2D eigenvalue weighted by molar-refractivity contribution is 5.80. The van der Waals surface area contributed by atoms with E-state index in [1.54, 1.807) is 0 Å². The first-order valence-corrected chi connectivity index (χ1v) is 9.06. The summed E-state index contributed by atoms with van der Waals surface area (Å²) < 4.78 is 16.1. The average Bonchev–Trinajstić information content (AvgIpc) is 2.63. The van der Waals surface area contributed by atoms with Crippen molar-refractivity contribution in [3.05, 3.63) is 20.4 Å². The predicted molar refractivity (Wildman–Crippen MR) is 105 cm³/mol. The Morgan fingerprint density at radius 2 is 1.38 bits per heavy atom. The van der Waals surface area contributed by atoms with E-state index in [2.05, 4.69) is 10.6 Å². The van der Waals surface area contributed by atoms with E-state index in [0.29, 0.717) is 70.5 Å². The van der Waals surface area contributed by atoms with Crippen LogP contribution in [0.3, 0.4) is 0 Å². The van der Waals surface area contributed by atoms with Crippen LogP contribution in [-0.2, 0) is 19.0 Å². The maximum atomic E-state index is 11.4. The summed E-state index contributed by atoms with van der Waals surface area (Å²) in [7, 11) is 0. The average molecular weight is 374 g/mol. The van der Waals surface area contributed by atoms with Gasteiger partial charge in [-0.25, -0.2) is 0 Å². The van der Waals surface area contributed by atoms with Gasteiger partial charge in [0, 0.05) is 28.3 Å². The van der Waals surface area contributed by atoms with Crippen molar-refractivity contribution in [2.24, 2.45) is 5.92 Å². The second-order valence-electron chi connectivity index (χ2n) is 6.07. The van der Waals surface area contributed by atoms with Crippen LogP contribution < -0.4 is 21.5 Å². The largest absolute Gasteiger partial charge is 0.380 e. The summed E-state index contributed by atoms with van der Waals surface area (Å²) in [5, 5.41) is 5.78. The van der Waals surface area contributed by atoms with Gasteiger partial charge in [0.1, 0.15) is 17.2 Å². The van der Waals surface area contributed by atoms with Gasteiger partial charge in [0.25, 0.3) is 10.9 Å². The van der Waals surface area contributed by atoms with Crippen molar-refractivity contribution in [1.29, 1.82) is 0 Å². The lowest BCUT2D eigenvalue weighted by molar-refractivity contribution is -0.123. The molecule has 26 heavy (non-hydrogen) atoms. The Kier molecular flexibility index (Phi) is 10.8. The molecule has 0 aliphatic rings. The fourth-order valence-electron chi connectivity index (χ4n) is 2.16. The predicted octanol–water partition coefficient (Wildman–Crippen LogP) is 1.28. The van der Waals surface area contributed by atoms with Gasteiger partial charge in [-0.3, -0.25) is 14.4 Å². The number of Topliss-reactive ketones (excluding diaryl/α,β-unsaturated/α-hetero) is 1. The zero-order valence-electron chi connectivity index (χ0n) is 15.9. The van der Waals surface area contributed by atoms with Gasteiger partial charge in [-0.1, -0.05) is 13.8 Å². The summed E-state index contributed by atoms with van der Waals surface area (Å²) >= 11 is 0. The Morgan fingerprint density at radius 1 is 0.885 bits per heavy atom. The van der Waals surface area contributed by atoms with Crippen molar-refractivity contribution in [2.75, 3.05) is 63.4 Å². The van der Waals surface area contributed by atoms with Crippen molar-refractivity contribution in [3.8, 4) is 0 Å². The van der Waals surface area contributed by atoms with Crippen molar-refractivity contribution < 1.29 is 21.9 Å². The van der Waals surface area contributed by atoms with Crippen LogP contribution in [-0.4, -0.2) is 58.5 Å². The van der Waals surface area contributed by atoms with Crippen LogP contribution in [0.15, 0.2) is 9.59 Å². The van der Waals surface area contributed by atoms with Gasteiger partial charge in [-0.2, -0.15) is 0 Å². The molecule has 0 saturated carbocycles. The summed E-state index contributed by atoms with van der Waals surface area (Å²) in [6, 6.07) is 0. The molecule has 0 spiro atoms. The Balaban J connectivity index is 0. The van der Waals surface area contributed by atoms with Gasteiger partial charge < -0.3 is 24.8 Å². The minimum Gasteiger partial charge on any atom is -0.380 e. The van der Waals surface area contributed by atoms with E-state index in [9.17, 15) is 14.4 Å². The molecule has 0 unspecified atom stereocenters. The number of carbonyl (C=O) groups excluding carboxylic acids is 1. The number of ketones is 1. The number of hydrogen-bond donors (Lipinski definition) is 2. The zero-order valence-corrected chi connectivity index (χ0v) is 15.9. The number of rotatable bonds is 16. The van der Waals surface area contributed by atoms with Crippen molar-refractivity contribution in [2.45, 2.75) is 27.2 Å². The van der Waals surface area contributed by atoms with E-state index in [1.807, 2.05) is 20.8 Å². The topological polar surface area (TPSA) is 103 Å². The lowest BCUT2D eigenvalue weighted by Gasteiger charge is -2.13. The monoisotopic (exact) mass is 374 g/mol. The SMILES string of the molecule is CCNc1c(NCCOCCOCCOCCC(=O)C(C)C)c(=O)c1=O.[HH].[HH]. The first-order chi connectivity index (χ1) is 12.5. The molecule has 0 aromatic heterocycles. The molecule has 0 atom stereocenters. The second-order valence-corrected chi connectivity index (χ2v) is 6.07. The minimum atomic E-state index is -0.487. The molecule has 0 radical (unpaired) electrons. The zero-order chi connectivity index (χ0) is 19.4. The third-order valence-corrected chi connectivity index (χ3v) is 3.69. The van der Waals surface area contributed by atoms with Gasteiger partial charge in [-0.15, -0.1) is 0 Å². The van der Waals surface area contributed by atoms with Gasteiger partial charge in [0.05, 0.1) is 39.6 Å². The molecule has 0 heterocycles. The van der Waals surface area contributed by atoms with Crippen molar-refractivity contribution in [1.82, 2.24) is 0 Å². The van der Waals surface area contributed by atoms with Gasteiger partial charge in [-0.05, 0) is 6.92 Å². The van der Waals surface area contributed by atoms with Crippen molar-refractivity contribution in [3.63, 3.8) is 0 Å². The maximum Gasteiger partial charge on any atom is 0.253 e. The molecular weight excluding hydrogens is 340 g/mol. The molecule has 1 aromatic carbocycles. The summed E-state index contributed by atoms with van der Waals surface area (Å²) in [5.41, 5.74) is -0.264. The Hall–Kier alpha value is -1.77. The van der Waals surface area contributed by atoms with E-state index in [4.69, 9.17) is 14.2 Å². The molecule has 0 bridgehead atoms. The van der Waals surface area contributed by atoms with Gasteiger partial charge in [0.2, 0.25) is 0 Å². The molecule has 0 amide bonds. The molecule has 152 valence electrons. The Bertz CT molecular complexity index is 617. The maximum absolute atomic E-state index is 11.4. The van der Waals surface area contributed by atoms with Crippen LogP contribution in [0.25, 0.3) is 0 Å². The standard InChI is InChI=1S/C18H30N2O6.2H2/c1-4-19-15-16(18(23)17(15)22)20-6-8-25-10-12-26-11-9-24-7-5-14(21)13(2)3;;/h13,19-20H,4-12H2,1-3H3;2*1H. The first kappa shape index (κ1) is 22.3.